The quantitative estimate of drug-likeness (QED) is 0.114. The number of benzene rings is 4. The minimum Gasteiger partial charge on any atom is -0.460 e. The average molecular weight is 512 g/mol. The van der Waals surface area contributed by atoms with Gasteiger partial charge in [0.2, 0.25) is 11.2 Å². The largest absolute Gasteiger partial charge is 0.460 e. The molecule has 11 nitrogen and oxygen atoms in total. The maximum absolute atomic E-state index is 13.0. The van der Waals surface area contributed by atoms with Crippen molar-refractivity contribution >= 4 is 39.1 Å². The maximum atomic E-state index is 13.0. The summed E-state index contributed by atoms with van der Waals surface area (Å²) in [4.78, 5) is 46.6. The summed E-state index contributed by atoms with van der Waals surface area (Å²) in [6.07, 6.45) is 1.14. The number of nitro groups is 2. The summed E-state index contributed by atoms with van der Waals surface area (Å²) in [6.45, 7) is 1.22. The molecule has 0 aliphatic heterocycles. The van der Waals surface area contributed by atoms with Gasteiger partial charge in [0.15, 0.2) is 0 Å². The van der Waals surface area contributed by atoms with Crippen molar-refractivity contribution in [1.29, 1.82) is 0 Å². The van der Waals surface area contributed by atoms with Gasteiger partial charge in [0.25, 0.3) is 11.4 Å². The summed E-state index contributed by atoms with van der Waals surface area (Å²) < 4.78 is 16.5. The van der Waals surface area contributed by atoms with Crippen LogP contribution in [0.5, 0.6) is 17.2 Å². The first kappa shape index (κ1) is 24.1. The first-order chi connectivity index (χ1) is 18.2. The van der Waals surface area contributed by atoms with Crippen molar-refractivity contribution in [3.05, 3.63) is 121 Å². The Bertz CT molecular complexity index is 1810. The molecule has 11 heteroatoms. The highest BCUT2D eigenvalue weighted by Gasteiger charge is 2.26. The van der Waals surface area contributed by atoms with Crippen LogP contribution in [-0.4, -0.2) is 15.8 Å². The Morgan fingerprint density at radius 3 is 2.18 bits per heavy atom. The minimum atomic E-state index is -1.06. The predicted octanol–water partition coefficient (Wildman–Crippen LogP) is 6.08. The molecule has 0 fully saturated rings. The van der Waals surface area contributed by atoms with Gasteiger partial charge in [0.05, 0.1) is 20.8 Å². The zero-order valence-corrected chi connectivity index (χ0v) is 19.6. The lowest BCUT2D eigenvalue weighted by Gasteiger charge is -2.08. The number of esters is 1. The lowest BCUT2D eigenvalue weighted by Crippen LogP contribution is -2.11. The molecule has 0 N–H and O–H groups in total. The topological polar surface area (TPSA) is 152 Å². The number of hydrogen-bond donors (Lipinski definition) is 0. The molecule has 1 aromatic heterocycles. The van der Waals surface area contributed by atoms with E-state index in [1.54, 1.807) is 12.1 Å². The molecule has 0 saturated carbocycles. The van der Waals surface area contributed by atoms with Crippen molar-refractivity contribution in [1.82, 2.24) is 0 Å². The SMILES string of the molecule is Cc1c([N+](=O)[O-])cc(C(=O)Oc2ccc3c(=O)c(Oc4ccc5ccccc5c4)coc3c2)cc1[N+](=O)[O-]. The van der Waals surface area contributed by atoms with E-state index in [4.69, 9.17) is 13.9 Å². The average Bonchev–Trinajstić information content (AvgIpc) is 2.90. The molecule has 5 aromatic rings. The third-order valence-corrected chi connectivity index (χ3v) is 5.86. The number of nitrogens with zero attached hydrogens (tertiary/aromatic N) is 2. The fourth-order valence-electron chi connectivity index (χ4n) is 3.93. The van der Waals surface area contributed by atoms with Crippen LogP contribution in [0, 0.1) is 27.2 Å². The summed E-state index contributed by atoms with van der Waals surface area (Å²) >= 11 is 0. The Morgan fingerprint density at radius 1 is 0.842 bits per heavy atom. The van der Waals surface area contributed by atoms with Gasteiger partial charge in [-0.25, -0.2) is 4.79 Å². The molecular weight excluding hydrogens is 496 g/mol. The number of ether oxygens (including phenoxy) is 2. The molecule has 5 rings (SSSR count). The maximum Gasteiger partial charge on any atom is 0.344 e. The summed E-state index contributed by atoms with van der Waals surface area (Å²) in [5, 5.41) is 24.7. The molecule has 0 saturated heterocycles. The highest BCUT2D eigenvalue weighted by atomic mass is 16.6. The number of carbonyl (C=O) groups excluding carboxylic acids is 1. The van der Waals surface area contributed by atoms with Crippen LogP contribution in [0.3, 0.4) is 0 Å². The lowest BCUT2D eigenvalue weighted by atomic mass is 10.1. The summed E-state index contributed by atoms with van der Waals surface area (Å²) in [6, 6.07) is 18.9. The van der Waals surface area contributed by atoms with Gasteiger partial charge in [-0.3, -0.25) is 25.0 Å². The Morgan fingerprint density at radius 2 is 1.50 bits per heavy atom. The second-order valence-electron chi connectivity index (χ2n) is 8.24. The van der Waals surface area contributed by atoms with Crippen LogP contribution < -0.4 is 14.9 Å². The van der Waals surface area contributed by atoms with Gasteiger partial charge in [-0.05, 0) is 42.0 Å². The fourth-order valence-corrected chi connectivity index (χ4v) is 3.93. The molecule has 0 aliphatic rings. The second-order valence-corrected chi connectivity index (χ2v) is 8.24. The lowest BCUT2D eigenvalue weighted by molar-refractivity contribution is -0.395. The van der Waals surface area contributed by atoms with Crippen molar-refractivity contribution in [2.24, 2.45) is 0 Å². The molecule has 0 atom stereocenters. The van der Waals surface area contributed by atoms with Gasteiger partial charge in [-0.2, -0.15) is 0 Å². The molecule has 0 amide bonds. The minimum absolute atomic E-state index is 0.0419. The van der Waals surface area contributed by atoms with E-state index in [0.29, 0.717) is 5.75 Å². The third-order valence-electron chi connectivity index (χ3n) is 5.86. The molecule has 1 heterocycles. The van der Waals surface area contributed by atoms with Crippen molar-refractivity contribution < 1.29 is 28.5 Å². The van der Waals surface area contributed by atoms with Gasteiger partial charge in [-0.1, -0.05) is 30.3 Å². The van der Waals surface area contributed by atoms with Crippen molar-refractivity contribution in [2.75, 3.05) is 0 Å². The summed E-state index contributed by atoms with van der Waals surface area (Å²) in [5.74, 6) is -0.701. The molecule has 4 aromatic carbocycles. The zero-order valence-electron chi connectivity index (χ0n) is 19.6. The fraction of sp³-hybridized carbons (Fsp3) is 0.0370. The van der Waals surface area contributed by atoms with Gasteiger partial charge in [0, 0.05) is 18.2 Å². The van der Waals surface area contributed by atoms with Crippen LogP contribution in [-0.2, 0) is 0 Å². The first-order valence-corrected chi connectivity index (χ1v) is 11.1. The van der Waals surface area contributed by atoms with Gasteiger partial charge >= 0.3 is 5.97 Å². The molecule has 0 aliphatic carbocycles. The molecule has 0 radical (unpaired) electrons. The molecule has 0 bridgehead atoms. The number of nitro benzene ring substituents is 2. The Kier molecular flexibility index (Phi) is 6.01. The highest BCUT2D eigenvalue weighted by Crippen LogP contribution is 2.31. The Labute approximate surface area is 212 Å². The monoisotopic (exact) mass is 512 g/mol. The highest BCUT2D eigenvalue weighted by molar-refractivity contribution is 5.93. The zero-order chi connectivity index (χ0) is 27.0. The standard InChI is InChI=1S/C27H16N2O9/c1-15-22(28(32)33)11-18(12-23(15)29(34)35)27(31)38-20-8-9-21-24(13-20)36-14-25(26(21)30)37-19-7-6-16-4-2-3-5-17(16)10-19/h2-14H,1H3. The van der Waals surface area contributed by atoms with E-state index in [1.165, 1.54) is 25.1 Å². The smallest absolute Gasteiger partial charge is 0.344 e. The number of carbonyl (C=O) groups is 1. The van der Waals surface area contributed by atoms with E-state index in [1.807, 2.05) is 30.3 Å². The summed E-state index contributed by atoms with van der Waals surface area (Å²) in [5.41, 5.74) is -2.11. The van der Waals surface area contributed by atoms with Crippen molar-refractivity contribution in [2.45, 2.75) is 6.92 Å². The van der Waals surface area contributed by atoms with E-state index >= 15 is 0 Å². The Balaban J connectivity index is 1.42. The first-order valence-electron chi connectivity index (χ1n) is 11.1. The van der Waals surface area contributed by atoms with Crippen molar-refractivity contribution in [3.63, 3.8) is 0 Å². The summed E-state index contributed by atoms with van der Waals surface area (Å²) in [7, 11) is 0. The van der Waals surface area contributed by atoms with E-state index in [0.717, 1.165) is 29.2 Å². The van der Waals surface area contributed by atoms with Crippen LogP contribution in [0.2, 0.25) is 0 Å². The molecule has 38 heavy (non-hydrogen) atoms. The third kappa shape index (κ3) is 4.51. The number of hydrogen-bond acceptors (Lipinski definition) is 9. The van der Waals surface area contributed by atoms with E-state index in [-0.39, 0.29) is 33.6 Å². The van der Waals surface area contributed by atoms with Crippen LogP contribution in [0.15, 0.2) is 88.3 Å². The van der Waals surface area contributed by atoms with E-state index in [9.17, 15) is 29.8 Å². The normalized spacial score (nSPS) is 10.9. The number of rotatable bonds is 6. The predicted molar refractivity (Wildman–Crippen MR) is 136 cm³/mol. The van der Waals surface area contributed by atoms with Crippen LogP contribution in [0.1, 0.15) is 15.9 Å². The van der Waals surface area contributed by atoms with Crippen LogP contribution in [0.25, 0.3) is 21.7 Å². The molecule has 0 unspecified atom stereocenters. The number of fused-ring (bicyclic) bond motifs is 2. The second kappa shape index (κ2) is 9.47. The van der Waals surface area contributed by atoms with E-state index in [2.05, 4.69) is 0 Å². The van der Waals surface area contributed by atoms with Crippen LogP contribution in [0.4, 0.5) is 11.4 Å². The van der Waals surface area contributed by atoms with Crippen molar-refractivity contribution in [3.8, 4) is 17.2 Å². The molecule has 0 spiro atoms. The Hall–Kier alpha value is -5.58. The molecular formula is C27H16N2O9. The van der Waals surface area contributed by atoms with Gasteiger partial charge in [-0.15, -0.1) is 0 Å². The van der Waals surface area contributed by atoms with Crippen LogP contribution >= 0.6 is 0 Å². The van der Waals surface area contributed by atoms with Gasteiger partial charge < -0.3 is 13.9 Å². The molecule has 188 valence electrons. The van der Waals surface area contributed by atoms with E-state index < -0.39 is 32.6 Å². The van der Waals surface area contributed by atoms with Gasteiger partial charge in [0.1, 0.15) is 28.9 Å².